The number of ether oxygens (including phenoxy) is 1. The summed E-state index contributed by atoms with van der Waals surface area (Å²) in [5.41, 5.74) is 4.25. The highest BCUT2D eigenvalue weighted by atomic mass is 16.5. The Labute approximate surface area is 217 Å². The van der Waals surface area contributed by atoms with Crippen molar-refractivity contribution in [2.75, 3.05) is 0 Å². The molecule has 0 spiro atoms. The molecule has 0 radical (unpaired) electrons. The van der Waals surface area contributed by atoms with Crippen LogP contribution in [0.25, 0.3) is 38.6 Å². The van der Waals surface area contributed by atoms with E-state index in [1.165, 1.54) is 0 Å². The zero-order valence-electron chi connectivity index (χ0n) is 20.1. The summed E-state index contributed by atoms with van der Waals surface area (Å²) in [7, 11) is 0. The van der Waals surface area contributed by atoms with Crippen molar-refractivity contribution in [1.29, 1.82) is 0 Å². The quantitative estimate of drug-likeness (QED) is 0.279. The van der Waals surface area contributed by atoms with Gasteiger partial charge in [-0.15, -0.1) is 5.10 Å². The van der Waals surface area contributed by atoms with Crippen molar-refractivity contribution in [3.63, 3.8) is 0 Å². The van der Waals surface area contributed by atoms with Crippen molar-refractivity contribution in [3.05, 3.63) is 126 Å². The van der Waals surface area contributed by atoms with E-state index in [1.807, 2.05) is 66.7 Å². The lowest BCUT2D eigenvalue weighted by Crippen LogP contribution is -2.15. The molecular formula is C32H20N4O2. The lowest BCUT2D eigenvalue weighted by molar-refractivity contribution is 0.433. The van der Waals surface area contributed by atoms with Crippen molar-refractivity contribution < 1.29 is 9.84 Å². The van der Waals surface area contributed by atoms with Gasteiger partial charge >= 0.3 is 0 Å². The van der Waals surface area contributed by atoms with E-state index < -0.39 is 0 Å². The van der Waals surface area contributed by atoms with E-state index in [4.69, 9.17) is 14.8 Å². The SMILES string of the molecule is Oc1c(-c2nc3c4c(ncn3n2)Oc2ccc3ccccc3c2[C@@H]4c2ccccc2)ccc2ccccc12. The Morgan fingerprint density at radius 3 is 2.26 bits per heavy atom. The minimum absolute atomic E-state index is 0.160. The molecule has 6 nitrogen and oxygen atoms in total. The molecule has 0 saturated heterocycles. The molecule has 180 valence electrons. The average molecular weight is 493 g/mol. The van der Waals surface area contributed by atoms with Crippen LogP contribution < -0.4 is 4.74 Å². The number of hydrogen-bond acceptors (Lipinski definition) is 5. The summed E-state index contributed by atoms with van der Waals surface area (Å²) in [6, 6.07) is 34.4. The standard InChI is InChI=1S/C32H20N4O2/c37-29-23-13-7-5-9-20(23)14-16-24(29)30-34-31-28-26(21-10-2-1-3-11-21)27-22-12-6-4-8-19(22)15-17-25(27)38-32(28)33-18-36(31)35-30/h1-18,26,37H/t26-/m0/s1. The summed E-state index contributed by atoms with van der Waals surface area (Å²) in [4.78, 5) is 9.62. The summed E-state index contributed by atoms with van der Waals surface area (Å²) >= 11 is 0. The molecule has 0 aliphatic carbocycles. The zero-order valence-corrected chi connectivity index (χ0v) is 20.1. The normalized spacial score (nSPS) is 14.4. The predicted molar refractivity (Wildman–Crippen MR) is 147 cm³/mol. The summed E-state index contributed by atoms with van der Waals surface area (Å²) in [5.74, 6) is 1.72. The van der Waals surface area contributed by atoms with Crippen molar-refractivity contribution in [2.45, 2.75) is 5.92 Å². The van der Waals surface area contributed by atoms with Gasteiger partial charge in [0.25, 0.3) is 0 Å². The lowest BCUT2D eigenvalue weighted by atomic mass is 9.81. The van der Waals surface area contributed by atoms with Crippen LogP contribution in [0, 0.1) is 0 Å². The molecule has 8 rings (SSSR count). The number of aromatic hydroxyl groups is 1. The van der Waals surface area contributed by atoms with E-state index in [9.17, 15) is 5.11 Å². The fourth-order valence-corrected chi connectivity index (χ4v) is 5.63. The number of aromatic nitrogens is 4. The third-order valence-corrected chi connectivity index (χ3v) is 7.38. The molecule has 38 heavy (non-hydrogen) atoms. The van der Waals surface area contributed by atoms with Crippen LogP contribution >= 0.6 is 0 Å². The zero-order chi connectivity index (χ0) is 25.2. The summed E-state index contributed by atoms with van der Waals surface area (Å²) in [6.45, 7) is 0. The molecule has 0 fully saturated rings. The minimum atomic E-state index is -0.167. The first kappa shape index (κ1) is 20.9. The summed E-state index contributed by atoms with van der Waals surface area (Å²) < 4.78 is 8.08. The summed E-state index contributed by atoms with van der Waals surface area (Å²) in [5, 5.41) is 19.8. The number of phenolic OH excluding ortho intramolecular Hbond substituents is 1. The number of phenols is 1. The molecule has 0 bridgehead atoms. The molecular weight excluding hydrogens is 472 g/mol. The first-order valence-corrected chi connectivity index (χ1v) is 12.5. The Morgan fingerprint density at radius 1 is 0.711 bits per heavy atom. The monoisotopic (exact) mass is 492 g/mol. The smallest absolute Gasteiger partial charge is 0.228 e. The molecule has 7 aromatic rings. The fourth-order valence-electron chi connectivity index (χ4n) is 5.63. The lowest BCUT2D eigenvalue weighted by Gasteiger charge is -2.29. The highest BCUT2D eigenvalue weighted by molar-refractivity contribution is 5.94. The van der Waals surface area contributed by atoms with E-state index in [-0.39, 0.29) is 11.7 Å². The van der Waals surface area contributed by atoms with Gasteiger partial charge in [-0.3, -0.25) is 0 Å². The van der Waals surface area contributed by atoms with Crippen LogP contribution in [-0.4, -0.2) is 24.7 Å². The van der Waals surface area contributed by atoms with Gasteiger partial charge in [0.2, 0.25) is 5.88 Å². The van der Waals surface area contributed by atoms with Crippen LogP contribution in [0.15, 0.2) is 109 Å². The highest BCUT2D eigenvalue weighted by Crippen LogP contribution is 2.50. The molecule has 2 aromatic heterocycles. The number of benzene rings is 5. The minimum Gasteiger partial charge on any atom is -0.507 e. The maximum Gasteiger partial charge on any atom is 0.228 e. The second-order valence-corrected chi connectivity index (χ2v) is 9.49. The first-order valence-electron chi connectivity index (χ1n) is 12.5. The largest absolute Gasteiger partial charge is 0.507 e. The van der Waals surface area contributed by atoms with Gasteiger partial charge < -0.3 is 9.84 Å². The van der Waals surface area contributed by atoms with Crippen molar-refractivity contribution in [3.8, 4) is 28.8 Å². The van der Waals surface area contributed by atoms with E-state index in [0.717, 1.165) is 44.0 Å². The molecule has 6 heteroatoms. The van der Waals surface area contributed by atoms with Crippen LogP contribution in [0.2, 0.25) is 0 Å². The third kappa shape index (κ3) is 2.97. The molecule has 3 heterocycles. The third-order valence-electron chi connectivity index (χ3n) is 7.38. The van der Waals surface area contributed by atoms with Crippen LogP contribution in [0.5, 0.6) is 17.4 Å². The topological polar surface area (TPSA) is 72.5 Å². The Bertz CT molecular complexity index is 2030. The number of fused-ring (bicyclic) bond motifs is 7. The van der Waals surface area contributed by atoms with Crippen molar-refractivity contribution in [1.82, 2.24) is 19.6 Å². The summed E-state index contributed by atoms with van der Waals surface area (Å²) in [6.07, 6.45) is 1.62. The van der Waals surface area contributed by atoms with Gasteiger partial charge in [0.1, 0.15) is 17.8 Å². The second kappa shape index (κ2) is 7.88. The van der Waals surface area contributed by atoms with E-state index in [2.05, 4.69) is 41.4 Å². The fraction of sp³-hybridized carbons (Fsp3) is 0.0312. The van der Waals surface area contributed by atoms with Crippen LogP contribution in [-0.2, 0) is 0 Å². The van der Waals surface area contributed by atoms with E-state index in [1.54, 1.807) is 10.8 Å². The number of nitrogens with zero attached hydrogens (tertiary/aromatic N) is 4. The Hall–Kier alpha value is -5.23. The first-order chi connectivity index (χ1) is 18.8. The van der Waals surface area contributed by atoms with Crippen LogP contribution in [0.3, 0.4) is 0 Å². The second-order valence-electron chi connectivity index (χ2n) is 9.49. The van der Waals surface area contributed by atoms with Gasteiger partial charge in [-0.1, -0.05) is 91.0 Å². The molecule has 0 amide bonds. The van der Waals surface area contributed by atoms with Crippen molar-refractivity contribution in [2.24, 2.45) is 0 Å². The molecule has 1 atom stereocenters. The Kier molecular flexibility index (Phi) is 4.34. The van der Waals surface area contributed by atoms with E-state index >= 15 is 0 Å². The maximum absolute atomic E-state index is 11.1. The molecule has 5 aromatic carbocycles. The molecule has 1 aliphatic heterocycles. The maximum atomic E-state index is 11.1. The van der Waals surface area contributed by atoms with Gasteiger partial charge in [0.05, 0.1) is 11.1 Å². The van der Waals surface area contributed by atoms with Crippen molar-refractivity contribution >= 4 is 27.2 Å². The molecule has 0 unspecified atom stereocenters. The van der Waals surface area contributed by atoms with Gasteiger partial charge in [-0.05, 0) is 33.9 Å². The molecule has 1 aliphatic rings. The van der Waals surface area contributed by atoms with Gasteiger partial charge in [0, 0.05) is 16.9 Å². The molecule has 0 saturated carbocycles. The molecule has 1 N–H and O–H groups in total. The van der Waals surface area contributed by atoms with Crippen LogP contribution in [0.4, 0.5) is 0 Å². The van der Waals surface area contributed by atoms with E-state index in [0.29, 0.717) is 22.9 Å². The highest BCUT2D eigenvalue weighted by Gasteiger charge is 2.34. The Morgan fingerprint density at radius 2 is 1.42 bits per heavy atom. The van der Waals surface area contributed by atoms with Gasteiger partial charge in [-0.2, -0.15) is 0 Å². The Balaban J connectivity index is 1.41. The van der Waals surface area contributed by atoms with Crippen LogP contribution in [0.1, 0.15) is 22.6 Å². The number of hydrogen-bond donors (Lipinski definition) is 1. The number of rotatable bonds is 2. The van der Waals surface area contributed by atoms with Gasteiger partial charge in [-0.25, -0.2) is 14.5 Å². The van der Waals surface area contributed by atoms with Gasteiger partial charge in [0.15, 0.2) is 11.5 Å². The predicted octanol–water partition coefficient (Wildman–Crippen LogP) is 7.09. The average Bonchev–Trinajstić information content (AvgIpc) is 3.41.